The van der Waals surface area contributed by atoms with Crippen LogP contribution >= 0.6 is 0 Å². The number of Topliss-reactive ketones (excluding diaryl/α,β-unsaturated/α-hetero) is 1. The summed E-state index contributed by atoms with van der Waals surface area (Å²) in [5, 5.41) is 11.4. The lowest BCUT2D eigenvalue weighted by Gasteiger charge is -2.25. The van der Waals surface area contributed by atoms with Crippen molar-refractivity contribution >= 4 is 17.4 Å². The van der Waals surface area contributed by atoms with E-state index >= 15 is 0 Å². The highest BCUT2D eigenvalue weighted by atomic mass is 16.5. The molecule has 1 aliphatic rings. The fourth-order valence-corrected chi connectivity index (χ4v) is 4.45. The van der Waals surface area contributed by atoms with Crippen molar-refractivity contribution in [3.8, 4) is 11.5 Å². The average molecular weight is 459 g/mol. The largest absolute Gasteiger partial charge is 0.507 e. The maximum absolute atomic E-state index is 13.3. The molecule has 1 fully saturated rings. The molecular formula is C27H26N2O5. The number of aliphatic hydroxyl groups excluding tert-OH is 1. The first-order valence-corrected chi connectivity index (χ1v) is 10.8. The summed E-state index contributed by atoms with van der Waals surface area (Å²) in [6, 6.07) is 15.4. The van der Waals surface area contributed by atoms with E-state index in [2.05, 4.69) is 4.98 Å². The Morgan fingerprint density at radius 1 is 1.03 bits per heavy atom. The van der Waals surface area contributed by atoms with Crippen molar-refractivity contribution in [2.75, 3.05) is 14.2 Å². The molecule has 2 aromatic carbocycles. The molecule has 1 atom stereocenters. The van der Waals surface area contributed by atoms with Crippen LogP contribution in [0.1, 0.15) is 34.0 Å². The highest BCUT2D eigenvalue weighted by Gasteiger charge is 2.47. The Bertz CT molecular complexity index is 1280. The minimum absolute atomic E-state index is 0.0260. The van der Waals surface area contributed by atoms with Gasteiger partial charge in [-0.15, -0.1) is 0 Å². The summed E-state index contributed by atoms with van der Waals surface area (Å²) in [5.74, 6) is -0.741. The number of carbonyl (C=O) groups is 2. The zero-order chi connectivity index (χ0) is 24.4. The van der Waals surface area contributed by atoms with Crippen molar-refractivity contribution in [1.29, 1.82) is 0 Å². The Balaban J connectivity index is 1.92. The molecule has 1 aliphatic heterocycles. The number of hydrogen-bond acceptors (Lipinski definition) is 6. The van der Waals surface area contributed by atoms with Gasteiger partial charge in [0.05, 0.1) is 37.6 Å². The van der Waals surface area contributed by atoms with Crippen LogP contribution in [0.2, 0.25) is 0 Å². The number of pyridine rings is 1. The molecule has 0 radical (unpaired) electrons. The molecule has 7 heteroatoms. The Morgan fingerprint density at radius 2 is 1.76 bits per heavy atom. The molecule has 174 valence electrons. The molecule has 34 heavy (non-hydrogen) atoms. The normalized spacial score (nSPS) is 17.2. The van der Waals surface area contributed by atoms with Crippen LogP contribution in [0.3, 0.4) is 0 Å². The van der Waals surface area contributed by atoms with Gasteiger partial charge in [0.25, 0.3) is 11.7 Å². The van der Waals surface area contributed by atoms with Crippen LogP contribution in [0, 0.1) is 13.8 Å². The lowest BCUT2D eigenvalue weighted by atomic mass is 9.95. The molecule has 1 N–H and O–H groups in total. The SMILES string of the molecule is COc1ccccc1CN1C(=O)C(=O)/C(=C(/O)c2cc(C)cc(C)c2OC)C1c1ccccn1. The van der Waals surface area contributed by atoms with Crippen molar-refractivity contribution in [1.82, 2.24) is 9.88 Å². The van der Waals surface area contributed by atoms with Gasteiger partial charge >= 0.3 is 0 Å². The molecule has 0 aliphatic carbocycles. The van der Waals surface area contributed by atoms with Crippen molar-refractivity contribution in [2.45, 2.75) is 26.4 Å². The number of ether oxygens (including phenoxy) is 2. The van der Waals surface area contributed by atoms with Gasteiger partial charge in [0.1, 0.15) is 23.3 Å². The van der Waals surface area contributed by atoms with Crippen molar-refractivity contribution < 1.29 is 24.2 Å². The smallest absolute Gasteiger partial charge is 0.296 e. The van der Waals surface area contributed by atoms with Crippen LogP contribution in [0.25, 0.3) is 5.76 Å². The number of hydrogen-bond donors (Lipinski definition) is 1. The van der Waals surface area contributed by atoms with Gasteiger partial charge in [-0.25, -0.2) is 0 Å². The number of aliphatic hydroxyl groups is 1. The number of carbonyl (C=O) groups excluding carboxylic acids is 2. The summed E-state index contributed by atoms with van der Waals surface area (Å²) in [6.07, 6.45) is 1.59. The van der Waals surface area contributed by atoms with Crippen LogP contribution in [0.15, 0.2) is 66.4 Å². The fraction of sp³-hybridized carbons (Fsp3) is 0.222. The summed E-state index contributed by atoms with van der Waals surface area (Å²) in [5.41, 5.74) is 3.23. The second kappa shape index (κ2) is 9.39. The number of amides is 1. The molecule has 7 nitrogen and oxygen atoms in total. The van der Waals surface area contributed by atoms with Gasteiger partial charge in [-0.2, -0.15) is 0 Å². The first-order valence-electron chi connectivity index (χ1n) is 10.8. The minimum Gasteiger partial charge on any atom is -0.507 e. The summed E-state index contributed by atoms with van der Waals surface area (Å²) in [7, 11) is 3.06. The van der Waals surface area contributed by atoms with Crippen LogP contribution in [-0.4, -0.2) is 40.9 Å². The molecule has 1 amide bonds. The predicted octanol–water partition coefficient (Wildman–Crippen LogP) is 4.34. The van der Waals surface area contributed by atoms with Crippen LogP contribution in [0.4, 0.5) is 0 Å². The highest BCUT2D eigenvalue weighted by molar-refractivity contribution is 6.46. The van der Waals surface area contributed by atoms with E-state index in [0.29, 0.717) is 22.8 Å². The average Bonchev–Trinajstić information content (AvgIpc) is 3.09. The molecule has 4 rings (SSSR count). The Labute approximate surface area is 198 Å². The molecule has 0 spiro atoms. The van der Waals surface area contributed by atoms with Crippen LogP contribution in [-0.2, 0) is 16.1 Å². The van der Waals surface area contributed by atoms with Gasteiger partial charge in [0, 0.05) is 11.8 Å². The van der Waals surface area contributed by atoms with E-state index in [1.807, 2.05) is 38.1 Å². The summed E-state index contributed by atoms with van der Waals surface area (Å²) >= 11 is 0. The Hall–Kier alpha value is -4.13. The quantitative estimate of drug-likeness (QED) is 0.336. The van der Waals surface area contributed by atoms with Crippen molar-refractivity contribution in [2.24, 2.45) is 0 Å². The number of rotatable bonds is 6. The minimum atomic E-state index is -0.878. The molecular weight excluding hydrogens is 432 g/mol. The number of ketones is 1. The van der Waals surface area contributed by atoms with Gasteiger partial charge in [-0.3, -0.25) is 14.6 Å². The van der Waals surface area contributed by atoms with E-state index in [1.54, 1.807) is 43.6 Å². The van der Waals surface area contributed by atoms with E-state index < -0.39 is 17.7 Å². The van der Waals surface area contributed by atoms with E-state index in [0.717, 1.165) is 16.7 Å². The van der Waals surface area contributed by atoms with Crippen molar-refractivity contribution in [3.63, 3.8) is 0 Å². The number of para-hydroxylation sites is 1. The Kier molecular flexibility index (Phi) is 6.36. The lowest BCUT2D eigenvalue weighted by Crippen LogP contribution is -2.29. The van der Waals surface area contributed by atoms with Gasteiger partial charge in [0.2, 0.25) is 0 Å². The monoisotopic (exact) mass is 458 g/mol. The standard InChI is InChI=1S/C27H26N2O5/c1-16-13-17(2)26(34-4)19(14-16)24(30)22-23(20-10-7-8-12-28-20)29(27(32)25(22)31)15-18-9-5-6-11-21(18)33-3/h5-14,23,30H,15H2,1-4H3/b24-22+. The third-order valence-electron chi connectivity index (χ3n) is 5.92. The number of likely N-dealkylation sites (tertiary alicyclic amines) is 1. The van der Waals surface area contributed by atoms with Gasteiger partial charge < -0.3 is 19.5 Å². The summed E-state index contributed by atoms with van der Waals surface area (Å²) < 4.78 is 11.0. The number of nitrogens with zero attached hydrogens (tertiary/aromatic N) is 2. The molecule has 3 aromatic rings. The van der Waals surface area contributed by atoms with Crippen molar-refractivity contribution in [3.05, 3.63) is 94.3 Å². The zero-order valence-corrected chi connectivity index (χ0v) is 19.5. The van der Waals surface area contributed by atoms with E-state index in [-0.39, 0.29) is 17.9 Å². The van der Waals surface area contributed by atoms with Gasteiger partial charge in [-0.05, 0) is 49.2 Å². The van der Waals surface area contributed by atoms with Crippen LogP contribution in [0.5, 0.6) is 11.5 Å². The number of benzene rings is 2. The molecule has 1 aromatic heterocycles. The summed E-state index contributed by atoms with van der Waals surface area (Å²) in [4.78, 5) is 32.4. The zero-order valence-electron chi connectivity index (χ0n) is 19.5. The van der Waals surface area contributed by atoms with Gasteiger partial charge in [-0.1, -0.05) is 30.3 Å². The topological polar surface area (TPSA) is 89.0 Å². The van der Waals surface area contributed by atoms with E-state index in [9.17, 15) is 14.7 Å². The number of aromatic nitrogens is 1. The first-order chi connectivity index (χ1) is 16.4. The lowest BCUT2D eigenvalue weighted by molar-refractivity contribution is -0.140. The highest BCUT2D eigenvalue weighted by Crippen LogP contribution is 2.42. The molecule has 0 bridgehead atoms. The Morgan fingerprint density at radius 3 is 2.44 bits per heavy atom. The van der Waals surface area contributed by atoms with E-state index in [4.69, 9.17) is 9.47 Å². The number of methoxy groups -OCH3 is 2. The third-order valence-corrected chi connectivity index (χ3v) is 5.92. The molecule has 2 heterocycles. The first kappa shape index (κ1) is 23.0. The third kappa shape index (κ3) is 4.01. The predicted molar refractivity (Wildman–Crippen MR) is 128 cm³/mol. The second-order valence-corrected chi connectivity index (χ2v) is 8.16. The van der Waals surface area contributed by atoms with Gasteiger partial charge in [0.15, 0.2) is 0 Å². The molecule has 1 unspecified atom stereocenters. The summed E-state index contributed by atoms with van der Waals surface area (Å²) in [6.45, 7) is 3.86. The fourth-order valence-electron chi connectivity index (χ4n) is 4.45. The number of aryl methyl sites for hydroxylation is 2. The second-order valence-electron chi connectivity index (χ2n) is 8.16. The maximum Gasteiger partial charge on any atom is 0.296 e. The van der Waals surface area contributed by atoms with E-state index in [1.165, 1.54) is 12.0 Å². The van der Waals surface area contributed by atoms with Crippen LogP contribution < -0.4 is 9.47 Å². The molecule has 1 saturated heterocycles. The maximum atomic E-state index is 13.3. The molecule has 0 saturated carbocycles.